The number of nitrogens with one attached hydrogen (secondary N) is 4. The first kappa shape index (κ1) is 45.6. The standard InChI is InChI=1S/C39H74N4O5/c1-29(2)19-9-12-24-35(44)40-27-17-15-22-33(38(47)32(7)8)43-39(48)34(42-37(46)26-14-11-21-31(5)6)23-16-18-28-41-36(45)25-13-10-20-30(3)4/h29-34H,9-28H2,1-8H3,(H,40,44)(H,41,45)(H,42,46)(H,43,48). The molecule has 9 heteroatoms. The van der Waals surface area contributed by atoms with Gasteiger partial charge < -0.3 is 21.3 Å². The van der Waals surface area contributed by atoms with E-state index in [2.05, 4.69) is 62.8 Å². The van der Waals surface area contributed by atoms with Crippen LogP contribution >= 0.6 is 0 Å². The summed E-state index contributed by atoms with van der Waals surface area (Å²) in [5.41, 5.74) is 0. The molecule has 0 fully saturated rings. The summed E-state index contributed by atoms with van der Waals surface area (Å²) >= 11 is 0. The number of carbonyl (C=O) groups excluding carboxylic acids is 5. The lowest BCUT2D eigenvalue weighted by Crippen LogP contribution is -2.52. The lowest BCUT2D eigenvalue weighted by Gasteiger charge is -2.24. The topological polar surface area (TPSA) is 133 Å². The Kier molecular flexibility index (Phi) is 26.9. The van der Waals surface area contributed by atoms with Crippen LogP contribution in [-0.2, 0) is 24.0 Å². The maximum atomic E-state index is 13.5. The molecule has 2 unspecified atom stereocenters. The number of ketones is 1. The molecule has 0 aromatic heterocycles. The van der Waals surface area contributed by atoms with Crippen molar-refractivity contribution in [1.82, 2.24) is 21.3 Å². The van der Waals surface area contributed by atoms with Gasteiger partial charge in [0, 0.05) is 38.3 Å². The van der Waals surface area contributed by atoms with Crippen LogP contribution in [0.3, 0.4) is 0 Å². The highest BCUT2D eigenvalue weighted by Gasteiger charge is 2.27. The Morgan fingerprint density at radius 2 is 0.792 bits per heavy atom. The van der Waals surface area contributed by atoms with Gasteiger partial charge in [-0.25, -0.2) is 0 Å². The summed E-state index contributed by atoms with van der Waals surface area (Å²) in [5.74, 6) is 1.22. The van der Waals surface area contributed by atoms with Crippen LogP contribution in [0.15, 0.2) is 0 Å². The molecule has 0 aliphatic rings. The lowest BCUT2D eigenvalue weighted by atomic mass is 9.96. The molecule has 0 aliphatic carbocycles. The normalized spacial score (nSPS) is 12.8. The van der Waals surface area contributed by atoms with Gasteiger partial charge in [-0.2, -0.15) is 0 Å². The minimum absolute atomic E-state index is 0.0348. The Morgan fingerprint density at radius 3 is 1.19 bits per heavy atom. The summed E-state index contributed by atoms with van der Waals surface area (Å²) < 4.78 is 0. The molecular weight excluding hydrogens is 604 g/mol. The van der Waals surface area contributed by atoms with Gasteiger partial charge in [-0.3, -0.25) is 24.0 Å². The van der Waals surface area contributed by atoms with E-state index in [-0.39, 0.29) is 35.3 Å². The predicted octanol–water partition coefficient (Wildman–Crippen LogP) is 7.40. The zero-order chi connectivity index (χ0) is 36.3. The highest BCUT2D eigenvalue weighted by molar-refractivity contribution is 5.93. The van der Waals surface area contributed by atoms with Crippen LogP contribution in [-0.4, -0.2) is 54.6 Å². The Hall–Kier alpha value is -2.45. The maximum Gasteiger partial charge on any atom is 0.243 e. The van der Waals surface area contributed by atoms with Gasteiger partial charge in [0.25, 0.3) is 0 Å². The molecule has 0 radical (unpaired) electrons. The molecule has 4 N–H and O–H groups in total. The van der Waals surface area contributed by atoms with Crippen LogP contribution < -0.4 is 21.3 Å². The second-order valence-corrected chi connectivity index (χ2v) is 15.3. The van der Waals surface area contributed by atoms with Crippen molar-refractivity contribution in [2.75, 3.05) is 13.1 Å². The first-order chi connectivity index (χ1) is 22.7. The first-order valence-electron chi connectivity index (χ1n) is 19.4. The summed E-state index contributed by atoms with van der Waals surface area (Å²) in [6.07, 6.45) is 14.0. The first-order valence-corrected chi connectivity index (χ1v) is 19.4. The third-order valence-electron chi connectivity index (χ3n) is 8.67. The fraction of sp³-hybridized carbons (Fsp3) is 0.872. The van der Waals surface area contributed by atoms with E-state index >= 15 is 0 Å². The molecule has 280 valence electrons. The van der Waals surface area contributed by atoms with Crippen LogP contribution in [0.25, 0.3) is 0 Å². The second kappa shape index (κ2) is 28.4. The Balaban J connectivity index is 5.02. The summed E-state index contributed by atoms with van der Waals surface area (Å²) in [7, 11) is 0. The molecule has 0 heterocycles. The monoisotopic (exact) mass is 679 g/mol. The summed E-state index contributed by atoms with van der Waals surface area (Å²) in [5, 5.41) is 11.9. The third-order valence-corrected chi connectivity index (χ3v) is 8.67. The average Bonchev–Trinajstić information content (AvgIpc) is 3.01. The zero-order valence-electron chi connectivity index (χ0n) is 32.1. The second-order valence-electron chi connectivity index (χ2n) is 15.3. The van der Waals surface area contributed by atoms with E-state index in [0.717, 1.165) is 64.2 Å². The van der Waals surface area contributed by atoms with E-state index in [9.17, 15) is 24.0 Å². The molecule has 0 rings (SSSR count). The number of hydrogen-bond donors (Lipinski definition) is 4. The summed E-state index contributed by atoms with van der Waals surface area (Å²) in [6.45, 7) is 17.8. The van der Waals surface area contributed by atoms with Gasteiger partial charge in [-0.05, 0) is 75.5 Å². The predicted molar refractivity (Wildman–Crippen MR) is 197 cm³/mol. The highest BCUT2D eigenvalue weighted by Crippen LogP contribution is 2.13. The minimum atomic E-state index is -0.744. The van der Waals surface area contributed by atoms with Crippen LogP contribution in [0, 0.1) is 23.7 Å². The van der Waals surface area contributed by atoms with Crippen LogP contribution in [0.2, 0.25) is 0 Å². The van der Waals surface area contributed by atoms with E-state index < -0.39 is 12.1 Å². The van der Waals surface area contributed by atoms with Crippen molar-refractivity contribution < 1.29 is 24.0 Å². The van der Waals surface area contributed by atoms with Gasteiger partial charge in [-0.1, -0.05) is 93.9 Å². The fourth-order valence-corrected chi connectivity index (χ4v) is 5.59. The SMILES string of the molecule is CC(C)CCCCC(=O)NCCCCC(NC(=O)CCCCC(C)C)C(=O)NC(CCCCNC(=O)CCCCC(C)C)C(=O)C(C)C. The van der Waals surface area contributed by atoms with Crippen molar-refractivity contribution >= 4 is 29.4 Å². The summed E-state index contributed by atoms with van der Waals surface area (Å²) in [6, 6.07) is -1.39. The van der Waals surface area contributed by atoms with Crippen molar-refractivity contribution in [3.05, 3.63) is 0 Å². The van der Waals surface area contributed by atoms with Gasteiger partial charge in [0.05, 0.1) is 6.04 Å². The van der Waals surface area contributed by atoms with Crippen molar-refractivity contribution in [2.24, 2.45) is 23.7 Å². The molecule has 0 saturated heterocycles. The van der Waals surface area contributed by atoms with Crippen LogP contribution in [0.1, 0.15) is 171 Å². The van der Waals surface area contributed by atoms with Crippen molar-refractivity contribution in [3.8, 4) is 0 Å². The van der Waals surface area contributed by atoms with E-state index in [0.29, 0.717) is 82.2 Å². The minimum Gasteiger partial charge on any atom is -0.356 e. The van der Waals surface area contributed by atoms with E-state index in [1.165, 1.54) is 0 Å². The number of hydrogen-bond acceptors (Lipinski definition) is 5. The molecular formula is C39H74N4O5. The van der Waals surface area contributed by atoms with E-state index in [1.807, 2.05) is 13.8 Å². The Bertz CT molecular complexity index is 903. The number of Topliss-reactive ketones (excluding diaryl/α,β-unsaturated/α-hetero) is 1. The van der Waals surface area contributed by atoms with Crippen LogP contribution in [0.5, 0.6) is 0 Å². The Labute approximate surface area is 294 Å². The zero-order valence-corrected chi connectivity index (χ0v) is 32.1. The number of rotatable bonds is 30. The molecule has 48 heavy (non-hydrogen) atoms. The summed E-state index contributed by atoms with van der Waals surface area (Å²) in [4.78, 5) is 63.8. The molecule has 0 aromatic rings. The smallest absolute Gasteiger partial charge is 0.243 e. The lowest BCUT2D eigenvalue weighted by molar-refractivity contribution is -0.132. The quantitative estimate of drug-likeness (QED) is 0.0588. The number of unbranched alkanes of at least 4 members (excludes halogenated alkanes) is 5. The molecule has 9 nitrogen and oxygen atoms in total. The van der Waals surface area contributed by atoms with Gasteiger partial charge in [-0.15, -0.1) is 0 Å². The van der Waals surface area contributed by atoms with Crippen molar-refractivity contribution in [2.45, 2.75) is 183 Å². The number of carbonyl (C=O) groups is 5. The molecule has 0 bridgehead atoms. The maximum absolute atomic E-state index is 13.5. The van der Waals surface area contributed by atoms with Crippen LogP contribution in [0.4, 0.5) is 0 Å². The average molecular weight is 679 g/mol. The van der Waals surface area contributed by atoms with Crippen molar-refractivity contribution in [3.63, 3.8) is 0 Å². The van der Waals surface area contributed by atoms with Crippen molar-refractivity contribution in [1.29, 1.82) is 0 Å². The molecule has 0 spiro atoms. The van der Waals surface area contributed by atoms with E-state index in [1.54, 1.807) is 0 Å². The van der Waals surface area contributed by atoms with Gasteiger partial charge >= 0.3 is 0 Å². The Morgan fingerprint density at radius 1 is 0.417 bits per heavy atom. The van der Waals surface area contributed by atoms with Gasteiger partial charge in [0.1, 0.15) is 6.04 Å². The molecule has 4 amide bonds. The largest absolute Gasteiger partial charge is 0.356 e. The van der Waals surface area contributed by atoms with Gasteiger partial charge in [0.15, 0.2) is 5.78 Å². The highest BCUT2D eigenvalue weighted by atomic mass is 16.2. The molecule has 2 atom stereocenters. The fourth-order valence-electron chi connectivity index (χ4n) is 5.59. The van der Waals surface area contributed by atoms with Gasteiger partial charge in [0.2, 0.25) is 23.6 Å². The number of amides is 4. The molecule has 0 aromatic carbocycles. The van der Waals surface area contributed by atoms with E-state index in [4.69, 9.17) is 0 Å². The third kappa shape index (κ3) is 26.5. The molecule has 0 aliphatic heterocycles. The molecule has 0 saturated carbocycles.